The molecule has 120 valence electrons. The van der Waals surface area contributed by atoms with Gasteiger partial charge in [0, 0.05) is 36.9 Å². The predicted octanol–water partition coefficient (Wildman–Crippen LogP) is 2.65. The molecule has 3 N–H and O–H groups in total. The lowest BCUT2D eigenvalue weighted by atomic mass is 9.98. The van der Waals surface area contributed by atoms with E-state index in [1.807, 2.05) is 66.8 Å². The Labute approximate surface area is 140 Å². The maximum atomic E-state index is 10.6. The topological polar surface area (TPSA) is 70.7 Å². The van der Waals surface area contributed by atoms with E-state index in [1.165, 1.54) is 12.1 Å². The molecular weight excluding hydrogens is 308 g/mol. The van der Waals surface area contributed by atoms with Crippen molar-refractivity contribution in [3.63, 3.8) is 0 Å². The van der Waals surface area contributed by atoms with E-state index in [9.17, 15) is 4.79 Å². The molecular formula is C17H20N4OS. The van der Waals surface area contributed by atoms with Gasteiger partial charge in [-0.15, -0.1) is 0 Å². The summed E-state index contributed by atoms with van der Waals surface area (Å²) < 4.78 is 1.88. The van der Waals surface area contributed by atoms with Crippen molar-refractivity contribution in [2.45, 2.75) is 13.3 Å². The molecule has 2 aromatic carbocycles. The molecule has 0 atom stereocenters. The monoisotopic (exact) mass is 328 g/mol. The summed E-state index contributed by atoms with van der Waals surface area (Å²) in [5.41, 5.74) is 7.52. The maximum Gasteiger partial charge on any atom is 0.227 e. The van der Waals surface area contributed by atoms with Crippen LogP contribution < -0.4 is 14.9 Å². The van der Waals surface area contributed by atoms with Gasteiger partial charge in [-0.1, -0.05) is 36.4 Å². The molecule has 2 aromatic rings. The largest absolute Gasteiger partial charge is 0.307 e. The molecule has 0 heterocycles. The van der Waals surface area contributed by atoms with Crippen LogP contribution in [0, 0.1) is 6.92 Å². The van der Waals surface area contributed by atoms with Crippen molar-refractivity contribution in [3.8, 4) is 0 Å². The summed E-state index contributed by atoms with van der Waals surface area (Å²) in [6.07, 6.45) is 1.21. The molecule has 23 heavy (non-hydrogen) atoms. The minimum absolute atomic E-state index is 0.578. The zero-order chi connectivity index (χ0) is 16.7. The second-order valence-electron chi connectivity index (χ2n) is 5.07. The van der Waals surface area contributed by atoms with Gasteiger partial charge >= 0.3 is 0 Å². The van der Waals surface area contributed by atoms with E-state index in [0.717, 1.165) is 28.1 Å². The zero-order valence-corrected chi connectivity index (χ0v) is 14.0. The van der Waals surface area contributed by atoms with Gasteiger partial charge in [0.15, 0.2) is 0 Å². The molecule has 0 bridgehead atoms. The fourth-order valence-electron chi connectivity index (χ4n) is 2.27. The fraction of sp³-hybridized carbons (Fsp3) is 0.176. The number of carbonyl (C=O) groups excluding carboxylic acids is 1. The highest BCUT2D eigenvalue weighted by molar-refractivity contribution is 7.98. The molecule has 6 heteroatoms. The molecule has 0 spiro atoms. The van der Waals surface area contributed by atoms with Crippen LogP contribution in [-0.2, 0) is 11.2 Å². The number of hydrogen-bond donors (Lipinski definition) is 2. The Bertz CT molecular complexity index is 685. The number of benzene rings is 2. The number of nitrogens with zero attached hydrogens (tertiary/aromatic N) is 2. The summed E-state index contributed by atoms with van der Waals surface area (Å²) >= 11 is 1.17. The second kappa shape index (κ2) is 8.36. The average molecular weight is 328 g/mol. The number of rotatable bonds is 7. The smallest absolute Gasteiger partial charge is 0.227 e. The third-order valence-corrected chi connectivity index (χ3v) is 4.06. The summed E-state index contributed by atoms with van der Waals surface area (Å²) in [5, 5.41) is 9.76. The van der Waals surface area contributed by atoms with E-state index in [4.69, 9.17) is 5.14 Å². The molecule has 2 rings (SSSR count). The number of hydrazone groups is 1. The Morgan fingerprint density at radius 1 is 1.26 bits per heavy atom. The van der Waals surface area contributed by atoms with Crippen LogP contribution in [0.2, 0.25) is 0 Å². The third kappa shape index (κ3) is 4.58. The van der Waals surface area contributed by atoms with Gasteiger partial charge in [-0.3, -0.25) is 9.93 Å². The van der Waals surface area contributed by atoms with Crippen LogP contribution in [-0.4, -0.2) is 19.2 Å². The normalized spacial score (nSPS) is 11.2. The lowest BCUT2D eigenvalue weighted by Gasteiger charge is -2.15. The standard InChI is InChI=1S/C17H20N4OS/c1-13-5-3-4-6-16(13)17(20-19-12-22)11-14-7-9-15(10-8-14)21(2)23-18/h3-10,12H,11,18H2,1-2H3,(H,19,22)/b20-17-. The van der Waals surface area contributed by atoms with E-state index in [1.54, 1.807) is 0 Å². The minimum Gasteiger partial charge on any atom is -0.307 e. The van der Waals surface area contributed by atoms with Crippen LogP contribution in [0.4, 0.5) is 5.69 Å². The molecule has 5 nitrogen and oxygen atoms in total. The van der Waals surface area contributed by atoms with Crippen LogP contribution in [0.1, 0.15) is 16.7 Å². The summed E-state index contributed by atoms with van der Waals surface area (Å²) in [6, 6.07) is 16.1. The number of hydrogen-bond acceptors (Lipinski definition) is 5. The molecule has 0 aromatic heterocycles. The summed E-state index contributed by atoms with van der Waals surface area (Å²) in [7, 11) is 1.91. The van der Waals surface area contributed by atoms with E-state index in [0.29, 0.717) is 12.8 Å². The van der Waals surface area contributed by atoms with E-state index in [-0.39, 0.29) is 0 Å². The zero-order valence-electron chi connectivity index (χ0n) is 13.2. The van der Waals surface area contributed by atoms with Gasteiger partial charge in [0.25, 0.3) is 0 Å². The van der Waals surface area contributed by atoms with Crippen molar-refractivity contribution >= 4 is 29.9 Å². The fourth-order valence-corrected chi connectivity index (χ4v) is 2.52. The summed E-state index contributed by atoms with van der Waals surface area (Å²) in [6.45, 7) is 2.03. The lowest BCUT2D eigenvalue weighted by Crippen LogP contribution is -2.14. The van der Waals surface area contributed by atoms with Crippen molar-refractivity contribution in [2.75, 3.05) is 11.4 Å². The quantitative estimate of drug-likeness (QED) is 0.355. The van der Waals surface area contributed by atoms with Gasteiger partial charge in [-0.2, -0.15) is 5.10 Å². The van der Waals surface area contributed by atoms with Crippen LogP contribution >= 0.6 is 12.1 Å². The van der Waals surface area contributed by atoms with E-state index >= 15 is 0 Å². The van der Waals surface area contributed by atoms with Crippen molar-refractivity contribution in [1.29, 1.82) is 0 Å². The Kier molecular flexibility index (Phi) is 6.19. The molecule has 0 saturated heterocycles. The van der Waals surface area contributed by atoms with Gasteiger partial charge < -0.3 is 4.31 Å². The first-order valence-electron chi connectivity index (χ1n) is 7.17. The van der Waals surface area contributed by atoms with E-state index in [2.05, 4.69) is 10.5 Å². The average Bonchev–Trinajstić information content (AvgIpc) is 2.59. The lowest BCUT2D eigenvalue weighted by molar-refractivity contribution is -0.109. The first kappa shape index (κ1) is 17.1. The first-order chi connectivity index (χ1) is 11.2. The third-order valence-electron chi connectivity index (χ3n) is 3.54. The van der Waals surface area contributed by atoms with Gasteiger partial charge in [0.2, 0.25) is 6.41 Å². The summed E-state index contributed by atoms with van der Waals surface area (Å²) in [4.78, 5) is 10.6. The van der Waals surface area contributed by atoms with Crippen molar-refractivity contribution in [2.24, 2.45) is 10.2 Å². The number of aryl methyl sites for hydroxylation is 1. The van der Waals surface area contributed by atoms with Gasteiger partial charge in [-0.05, 0) is 30.2 Å². The maximum absolute atomic E-state index is 10.6. The van der Waals surface area contributed by atoms with Gasteiger partial charge in [0.1, 0.15) is 0 Å². The number of nitrogens with two attached hydrogens (primary N) is 1. The van der Waals surface area contributed by atoms with Crippen molar-refractivity contribution in [1.82, 2.24) is 5.43 Å². The molecule has 1 amide bonds. The Morgan fingerprint density at radius 3 is 2.57 bits per heavy atom. The predicted molar refractivity (Wildman–Crippen MR) is 97.2 cm³/mol. The molecule has 0 saturated carbocycles. The SMILES string of the molecule is Cc1ccccc1/C(Cc1ccc(N(C)SN)cc1)=N\NC=O. The number of carbonyl (C=O) groups is 1. The molecule has 0 unspecified atom stereocenters. The van der Waals surface area contributed by atoms with Gasteiger partial charge in [-0.25, -0.2) is 5.43 Å². The molecule has 0 aliphatic heterocycles. The molecule has 0 radical (unpaired) electrons. The second-order valence-corrected chi connectivity index (χ2v) is 5.83. The van der Waals surface area contributed by atoms with Crippen LogP contribution in [0.3, 0.4) is 0 Å². The van der Waals surface area contributed by atoms with Crippen molar-refractivity contribution < 1.29 is 4.79 Å². The Hall–Kier alpha value is -2.31. The number of nitrogens with one attached hydrogen (secondary N) is 1. The molecule has 0 aliphatic carbocycles. The van der Waals surface area contributed by atoms with Crippen molar-refractivity contribution in [3.05, 3.63) is 65.2 Å². The van der Waals surface area contributed by atoms with Crippen LogP contribution in [0.15, 0.2) is 53.6 Å². The van der Waals surface area contributed by atoms with Gasteiger partial charge in [0.05, 0.1) is 5.71 Å². The Balaban J connectivity index is 2.25. The summed E-state index contributed by atoms with van der Waals surface area (Å²) in [5.74, 6) is 0. The Morgan fingerprint density at radius 2 is 1.96 bits per heavy atom. The minimum atomic E-state index is 0.578. The highest BCUT2D eigenvalue weighted by Crippen LogP contribution is 2.19. The van der Waals surface area contributed by atoms with Crippen LogP contribution in [0.5, 0.6) is 0 Å². The van der Waals surface area contributed by atoms with E-state index < -0.39 is 0 Å². The number of anilines is 1. The highest BCUT2D eigenvalue weighted by atomic mass is 32.2. The first-order valence-corrected chi connectivity index (χ1v) is 8.00. The highest BCUT2D eigenvalue weighted by Gasteiger charge is 2.09. The molecule has 0 fully saturated rings. The molecule has 0 aliphatic rings. The number of amides is 1. The van der Waals surface area contributed by atoms with Crippen LogP contribution in [0.25, 0.3) is 0 Å².